The number of anilines is 2. The fraction of sp³-hybridized carbons (Fsp3) is 0.167. The first-order valence-electron chi connectivity index (χ1n) is 10.1. The third-order valence-electron chi connectivity index (χ3n) is 5.81. The summed E-state index contributed by atoms with van der Waals surface area (Å²) in [4.78, 5) is 18.6. The number of carbonyl (C=O) groups is 1. The Morgan fingerprint density at radius 2 is 1.97 bits per heavy atom. The Morgan fingerprint density at radius 3 is 2.72 bits per heavy atom. The first-order chi connectivity index (χ1) is 15.4. The standard InChI is InChI=1S/C24H18BrF2N3OS/c25-17-10-15(26)11-18(27)21(17)30-23(31)22-20(28)16-9-14-8-13(12-4-2-1-3-5-12)6-7-19(14)29-24(16)32-22/h1-5,9-11,13H,6-8,28H2,(H,30,31). The summed E-state index contributed by atoms with van der Waals surface area (Å²) in [6.45, 7) is 0. The highest BCUT2D eigenvalue weighted by molar-refractivity contribution is 9.10. The van der Waals surface area contributed by atoms with Crippen LogP contribution >= 0.6 is 27.3 Å². The largest absolute Gasteiger partial charge is 0.397 e. The van der Waals surface area contributed by atoms with Gasteiger partial charge < -0.3 is 11.1 Å². The number of pyridine rings is 1. The molecule has 1 aliphatic carbocycles. The molecule has 5 rings (SSSR count). The van der Waals surface area contributed by atoms with Crippen molar-refractivity contribution in [1.82, 2.24) is 4.98 Å². The number of nitrogens with one attached hydrogen (secondary N) is 1. The van der Waals surface area contributed by atoms with E-state index in [-0.39, 0.29) is 15.0 Å². The van der Waals surface area contributed by atoms with Crippen LogP contribution in [0, 0.1) is 11.6 Å². The maximum absolute atomic E-state index is 14.1. The first kappa shape index (κ1) is 21.0. The molecule has 0 saturated carbocycles. The molecule has 0 radical (unpaired) electrons. The number of hydrogen-bond acceptors (Lipinski definition) is 4. The van der Waals surface area contributed by atoms with Gasteiger partial charge in [-0.15, -0.1) is 11.3 Å². The van der Waals surface area contributed by atoms with E-state index in [0.717, 1.165) is 42.0 Å². The first-order valence-corrected chi connectivity index (χ1v) is 11.7. The molecular weight excluding hydrogens is 496 g/mol. The van der Waals surface area contributed by atoms with Crippen LogP contribution in [0.15, 0.2) is 53.0 Å². The summed E-state index contributed by atoms with van der Waals surface area (Å²) < 4.78 is 27.6. The fourth-order valence-corrected chi connectivity index (χ4v) is 5.70. The molecule has 1 amide bonds. The molecule has 1 atom stereocenters. The molecule has 1 aliphatic rings. The Labute approximate surface area is 195 Å². The average Bonchev–Trinajstić information content (AvgIpc) is 3.10. The van der Waals surface area contributed by atoms with Crippen molar-refractivity contribution in [2.45, 2.75) is 25.2 Å². The zero-order valence-electron chi connectivity index (χ0n) is 16.8. The molecule has 162 valence electrons. The minimum atomic E-state index is -0.870. The van der Waals surface area contributed by atoms with Crippen LogP contribution in [0.1, 0.15) is 38.8 Å². The molecule has 0 fully saturated rings. The monoisotopic (exact) mass is 513 g/mol. The number of fused-ring (bicyclic) bond motifs is 2. The molecule has 2 aromatic heterocycles. The Bertz CT molecular complexity index is 1330. The van der Waals surface area contributed by atoms with Crippen molar-refractivity contribution in [3.63, 3.8) is 0 Å². The van der Waals surface area contributed by atoms with Gasteiger partial charge in [-0.1, -0.05) is 30.3 Å². The number of halogens is 3. The predicted molar refractivity (Wildman–Crippen MR) is 127 cm³/mol. The van der Waals surface area contributed by atoms with Gasteiger partial charge in [0.05, 0.1) is 11.4 Å². The van der Waals surface area contributed by atoms with Gasteiger partial charge in [-0.3, -0.25) is 4.79 Å². The molecule has 2 heterocycles. The smallest absolute Gasteiger partial charge is 0.268 e. The highest BCUT2D eigenvalue weighted by atomic mass is 79.9. The maximum atomic E-state index is 14.1. The van der Waals surface area contributed by atoms with E-state index in [2.05, 4.69) is 45.5 Å². The highest BCUT2D eigenvalue weighted by Crippen LogP contribution is 2.39. The van der Waals surface area contributed by atoms with E-state index in [1.54, 1.807) is 0 Å². The number of carbonyl (C=O) groups excluding carboxylic acids is 1. The van der Waals surface area contributed by atoms with Crippen LogP contribution in [0.4, 0.5) is 20.2 Å². The van der Waals surface area contributed by atoms with E-state index in [0.29, 0.717) is 22.5 Å². The van der Waals surface area contributed by atoms with E-state index in [1.165, 1.54) is 16.9 Å². The molecule has 4 aromatic rings. The number of nitrogen functional groups attached to an aromatic ring is 1. The minimum absolute atomic E-state index is 0.114. The quantitative estimate of drug-likeness (QED) is 0.331. The van der Waals surface area contributed by atoms with Gasteiger partial charge in [0, 0.05) is 21.6 Å². The Hall–Kier alpha value is -2.84. The zero-order chi connectivity index (χ0) is 22.4. The molecule has 1 unspecified atom stereocenters. The van der Waals surface area contributed by atoms with Gasteiger partial charge in [0.1, 0.15) is 15.5 Å². The molecule has 2 aromatic carbocycles. The Balaban J connectivity index is 1.47. The number of aromatic nitrogens is 1. The van der Waals surface area contributed by atoms with Crippen LogP contribution in [0.5, 0.6) is 0 Å². The number of aryl methyl sites for hydroxylation is 1. The fourth-order valence-electron chi connectivity index (χ4n) is 4.20. The van der Waals surface area contributed by atoms with Crippen molar-refractivity contribution in [1.29, 1.82) is 0 Å². The predicted octanol–water partition coefficient (Wildman–Crippen LogP) is 6.44. The second-order valence-corrected chi connectivity index (χ2v) is 9.69. The lowest BCUT2D eigenvalue weighted by Crippen LogP contribution is -2.14. The van der Waals surface area contributed by atoms with Gasteiger partial charge in [0.25, 0.3) is 5.91 Å². The summed E-state index contributed by atoms with van der Waals surface area (Å²) in [5.41, 5.74) is 9.98. The third-order valence-corrected chi connectivity index (χ3v) is 7.55. The van der Waals surface area contributed by atoms with E-state index in [4.69, 9.17) is 10.7 Å². The normalized spacial score (nSPS) is 15.5. The minimum Gasteiger partial charge on any atom is -0.397 e. The summed E-state index contributed by atoms with van der Waals surface area (Å²) in [5, 5.41) is 3.23. The van der Waals surface area contributed by atoms with Gasteiger partial charge in [-0.25, -0.2) is 13.8 Å². The molecule has 32 heavy (non-hydrogen) atoms. The molecule has 0 bridgehead atoms. The molecular formula is C24H18BrF2N3OS. The number of amides is 1. The second-order valence-electron chi connectivity index (χ2n) is 7.84. The number of nitrogens with two attached hydrogens (primary N) is 1. The molecule has 0 aliphatic heterocycles. The lowest BCUT2D eigenvalue weighted by atomic mass is 9.82. The van der Waals surface area contributed by atoms with E-state index in [9.17, 15) is 13.6 Å². The van der Waals surface area contributed by atoms with Crippen LogP contribution < -0.4 is 11.1 Å². The van der Waals surface area contributed by atoms with Gasteiger partial charge >= 0.3 is 0 Å². The number of rotatable bonds is 3. The Kier molecular flexibility index (Phi) is 5.43. The summed E-state index contributed by atoms with van der Waals surface area (Å²) in [7, 11) is 0. The second kappa shape index (κ2) is 8.26. The van der Waals surface area contributed by atoms with Gasteiger partial charge in [0.2, 0.25) is 0 Å². The number of nitrogens with zero attached hydrogens (tertiary/aromatic N) is 1. The number of hydrogen-bond donors (Lipinski definition) is 2. The summed E-state index contributed by atoms with van der Waals surface area (Å²) in [5.74, 6) is -1.75. The van der Waals surface area contributed by atoms with Gasteiger partial charge in [-0.2, -0.15) is 0 Å². The van der Waals surface area contributed by atoms with Crippen molar-refractivity contribution in [2.75, 3.05) is 11.1 Å². The number of benzene rings is 2. The lowest BCUT2D eigenvalue weighted by molar-refractivity contribution is 0.103. The average molecular weight is 514 g/mol. The van der Waals surface area contributed by atoms with Crippen molar-refractivity contribution in [2.24, 2.45) is 0 Å². The summed E-state index contributed by atoms with van der Waals surface area (Å²) >= 11 is 4.26. The third kappa shape index (κ3) is 3.78. The molecule has 4 nitrogen and oxygen atoms in total. The van der Waals surface area contributed by atoms with Crippen molar-refractivity contribution < 1.29 is 13.6 Å². The van der Waals surface area contributed by atoms with E-state index < -0.39 is 17.5 Å². The molecule has 0 spiro atoms. The maximum Gasteiger partial charge on any atom is 0.268 e. The topological polar surface area (TPSA) is 68.0 Å². The van der Waals surface area contributed by atoms with Crippen molar-refractivity contribution in [3.05, 3.63) is 86.3 Å². The van der Waals surface area contributed by atoms with Gasteiger partial charge in [-0.05, 0) is 64.4 Å². The lowest BCUT2D eigenvalue weighted by Gasteiger charge is -2.24. The molecule has 8 heteroatoms. The van der Waals surface area contributed by atoms with E-state index >= 15 is 0 Å². The SMILES string of the molecule is Nc1c(C(=O)Nc2c(F)cc(F)cc2Br)sc2nc3c(cc12)CC(c1ccccc1)CC3. The van der Waals surface area contributed by atoms with Crippen LogP contribution in [0.25, 0.3) is 10.2 Å². The molecule has 0 saturated heterocycles. The zero-order valence-corrected chi connectivity index (χ0v) is 19.2. The van der Waals surface area contributed by atoms with Crippen molar-refractivity contribution in [3.8, 4) is 0 Å². The summed E-state index contributed by atoms with van der Waals surface area (Å²) in [6, 6.07) is 14.3. The number of thiophene rings is 1. The van der Waals surface area contributed by atoms with Crippen molar-refractivity contribution >= 4 is 54.8 Å². The van der Waals surface area contributed by atoms with Crippen LogP contribution in [0.3, 0.4) is 0 Å². The van der Waals surface area contributed by atoms with Gasteiger partial charge in [0.15, 0.2) is 5.82 Å². The van der Waals surface area contributed by atoms with Crippen LogP contribution in [-0.4, -0.2) is 10.9 Å². The van der Waals surface area contributed by atoms with Crippen LogP contribution in [0.2, 0.25) is 0 Å². The Morgan fingerprint density at radius 1 is 1.19 bits per heavy atom. The highest BCUT2D eigenvalue weighted by Gasteiger charge is 2.25. The molecule has 3 N–H and O–H groups in total. The van der Waals surface area contributed by atoms with E-state index in [1.807, 2.05) is 12.1 Å². The van der Waals surface area contributed by atoms with Crippen LogP contribution in [-0.2, 0) is 12.8 Å². The summed E-state index contributed by atoms with van der Waals surface area (Å²) in [6.07, 6.45) is 2.74.